The van der Waals surface area contributed by atoms with Crippen LogP contribution in [0.25, 0.3) is 0 Å². The van der Waals surface area contributed by atoms with Crippen LogP contribution >= 0.6 is 0 Å². The third kappa shape index (κ3) is 2.93. The van der Waals surface area contributed by atoms with Crippen LogP contribution in [0.1, 0.15) is 32.0 Å². The van der Waals surface area contributed by atoms with Crippen molar-refractivity contribution in [1.29, 1.82) is 0 Å². The molecule has 0 bridgehead atoms. The number of hydrogen-bond donors (Lipinski definition) is 1. The molecule has 0 saturated carbocycles. The van der Waals surface area contributed by atoms with E-state index in [1.54, 1.807) is 12.4 Å². The first-order valence-corrected chi connectivity index (χ1v) is 5.98. The molecule has 0 spiro atoms. The average Bonchev–Trinajstić information content (AvgIpc) is 2.74. The molecule has 0 aromatic carbocycles. The van der Waals surface area contributed by atoms with Crippen molar-refractivity contribution in [3.05, 3.63) is 18.2 Å². The second-order valence-electron chi connectivity index (χ2n) is 4.59. The summed E-state index contributed by atoms with van der Waals surface area (Å²) in [6, 6.07) is 0. The first-order chi connectivity index (χ1) is 8.16. The summed E-state index contributed by atoms with van der Waals surface area (Å²) in [4.78, 5) is 31.9. The minimum Gasteiger partial charge on any atom is -0.349 e. The molecule has 1 aromatic heterocycles. The topological polar surface area (TPSA) is 66.1 Å². The van der Waals surface area contributed by atoms with E-state index in [1.165, 1.54) is 4.90 Å². The number of nitrogens with one attached hydrogen (secondary N) is 1. The van der Waals surface area contributed by atoms with E-state index >= 15 is 0 Å². The van der Waals surface area contributed by atoms with Crippen LogP contribution in [0.4, 0.5) is 0 Å². The summed E-state index contributed by atoms with van der Waals surface area (Å²) in [5.74, 6) is 1.02. The summed E-state index contributed by atoms with van der Waals surface area (Å²) >= 11 is 0. The van der Waals surface area contributed by atoms with Crippen LogP contribution in [0.3, 0.4) is 0 Å². The maximum Gasteiger partial charge on any atom is 0.229 e. The number of imidazole rings is 1. The first kappa shape index (κ1) is 11.8. The fraction of sp³-hybridized carbons (Fsp3) is 0.583. The maximum atomic E-state index is 11.7. The van der Waals surface area contributed by atoms with E-state index in [4.69, 9.17) is 0 Å². The van der Waals surface area contributed by atoms with Gasteiger partial charge in [-0.05, 0) is 12.3 Å². The molecule has 1 aromatic rings. The molecule has 1 fully saturated rings. The van der Waals surface area contributed by atoms with Gasteiger partial charge in [0.15, 0.2) is 0 Å². The smallest absolute Gasteiger partial charge is 0.229 e. The van der Waals surface area contributed by atoms with E-state index in [2.05, 4.69) is 9.97 Å². The van der Waals surface area contributed by atoms with Crippen molar-refractivity contribution < 1.29 is 9.59 Å². The predicted molar refractivity (Wildman–Crippen MR) is 62.0 cm³/mol. The molecule has 92 valence electrons. The number of nitrogens with zero attached hydrogens (tertiary/aromatic N) is 2. The molecule has 2 heterocycles. The number of rotatable bonds is 4. The zero-order valence-corrected chi connectivity index (χ0v) is 9.98. The number of imide groups is 1. The third-order valence-electron chi connectivity index (χ3n) is 3.00. The quantitative estimate of drug-likeness (QED) is 0.795. The fourth-order valence-corrected chi connectivity index (χ4v) is 2.12. The average molecular weight is 235 g/mol. The number of carbonyl (C=O) groups excluding carboxylic acids is 2. The molecule has 2 rings (SSSR count). The predicted octanol–water partition coefficient (Wildman–Crippen LogP) is 1.13. The maximum absolute atomic E-state index is 11.7. The summed E-state index contributed by atoms with van der Waals surface area (Å²) in [6.45, 7) is 2.45. The van der Waals surface area contributed by atoms with Gasteiger partial charge in [0.1, 0.15) is 5.82 Å². The van der Waals surface area contributed by atoms with Crippen LogP contribution in [0, 0.1) is 5.92 Å². The van der Waals surface area contributed by atoms with Gasteiger partial charge in [0.05, 0.1) is 0 Å². The lowest BCUT2D eigenvalue weighted by Gasteiger charge is -2.28. The van der Waals surface area contributed by atoms with Crippen molar-refractivity contribution in [2.24, 2.45) is 5.92 Å². The number of H-pyrrole nitrogens is 1. The van der Waals surface area contributed by atoms with E-state index in [0.717, 1.165) is 18.7 Å². The zero-order valence-electron chi connectivity index (χ0n) is 9.98. The molecule has 2 amide bonds. The molecule has 0 unspecified atom stereocenters. The minimum absolute atomic E-state index is 0.0341. The Morgan fingerprint density at radius 3 is 2.71 bits per heavy atom. The molecule has 5 heteroatoms. The van der Waals surface area contributed by atoms with Gasteiger partial charge in [-0.2, -0.15) is 0 Å². The molecular formula is C12H17N3O2. The fourth-order valence-electron chi connectivity index (χ4n) is 2.12. The Hall–Kier alpha value is -1.65. The highest BCUT2D eigenvalue weighted by Crippen LogP contribution is 2.18. The van der Waals surface area contributed by atoms with Gasteiger partial charge < -0.3 is 4.98 Å². The lowest BCUT2D eigenvalue weighted by Crippen LogP contribution is -2.43. The van der Waals surface area contributed by atoms with E-state index in [0.29, 0.717) is 19.4 Å². The molecule has 1 N–H and O–H groups in total. The lowest BCUT2D eigenvalue weighted by atomic mass is 9.97. The largest absolute Gasteiger partial charge is 0.349 e. The highest BCUT2D eigenvalue weighted by atomic mass is 16.2. The van der Waals surface area contributed by atoms with Crippen LogP contribution in [-0.2, 0) is 16.0 Å². The van der Waals surface area contributed by atoms with Gasteiger partial charge in [0.25, 0.3) is 0 Å². The van der Waals surface area contributed by atoms with Gasteiger partial charge in [-0.15, -0.1) is 0 Å². The van der Waals surface area contributed by atoms with Gasteiger partial charge in [-0.25, -0.2) is 4.98 Å². The highest BCUT2D eigenvalue weighted by Gasteiger charge is 2.29. The van der Waals surface area contributed by atoms with E-state index in [9.17, 15) is 9.59 Å². The molecule has 17 heavy (non-hydrogen) atoms. The van der Waals surface area contributed by atoms with Gasteiger partial charge in [-0.3, -0.25) is 14.5 Å². The van der Waals surface area contributed by atoms with Gasteiger partial charge >= 0.3 is 0 Å². The Bertz CT molecular complexity index is 382. The summed E-state index contributed by atoms with van der Waals surface area (Å²) in [5.41, 5.74) is 0. The molecule has 0 atom stereocenters. The number of piperidine rings is 1. The lowest BCUT2D eigenvalue weighted by molar-refractivity contribution is -0.149. The van der Waals surface area contributed by atoms with Crippen molar-refractivity contribution in [3.63, 3.8) is 0 Å². The van der Waals surface area contributed by atoms with Crippen molar-refractivity contribution >= 4 is 11.8 Å². The summed E-state index contributed by atoms with van der Waals surface area (Å²) in [5, 5.41) is 0. The normalized spacial score (nSPS) is 17.8. The van der Waals surface area contributed by atoms with Crippen molar-refractivity contribution in [2.75, 3.05) is 6.54 Å². The van der Waals surface area contributed by atoms with Crippen molar-refractivity contribution in [2.45, 2.75) is 32.6 Å². The summed E-state index contributed by atoms with van der Waals surface area (Å²) in [7, 11) is 0. The van der Waals surface area contributed by atoms with E-state index in [-0.39, 0.29) is 17.7 Å². The summed E-state index contributed by atoms with van der Waals surface area (Å²) < 4.78 is 0. The number of aromatic amines is 1. The van der Waals surface area contributed by atoms with Crippen LogP contribution < -0.4 is 0 Å². The number of hydrogen-bond acceptors (Lipinski definition) is 3. The SMILES string of the molecule is CC1CC(=O)N(CCCc2ncc[nH]2)C(=O)C1. The summed E-state index contributed by atoms with van der Waals surface area (Å²) in [6.07, 6.45) is 5.99. The number of likely N-dealkylation sites (tertiary alicyclic amines) is 1. The zero-order chi connectivity index (χ0) is 12.3. The standard InChI is InChI=1S/C12H17N3O2/c1-9-7-11(16)15(12(17)8-9)6-2-3-10-13-4-5-14-10/h4-5,9H,2-3,6-8H2,1H3,(H,13,14). The van der Waals surface area contributed by atoms with Crippen LogP contribution in [0.5, 0.6) is 0 Å². The van der Waals surface area contributed by atoms with Crippen LogP contribution in [0.15, 0.2) is 12.4 Å². The Kier molecular flexibility index (Phi) is 3.56. The minimum atomic E-state index is -0.0341. The highest BCUT2D eigenvalue weighted by molar-refractivity contribution is 5.97. The molecule has 0 aliphatic carbocycles. The molecule has 1 aliphatic heterocycles. The molecule has 1 saturated heterocycles. The van der Waals surface area contributed by atoms with E-state index < -0.39 is 0 Å². The Labute approximate surface area is 100 Å². The molecular weight excluding hydrogens is 218 g/mol. The second-order valence-corrected chi connectivity index (χ2v) is 4.59. The van der Waals surface area contributed by atoms with Crippen LogP contribution in [-0.4, -0.2) is 33.2 Å². The van der Waals surface area contributed by atoms with Crippen molar-refractivity contribution in [3.8, 4) is 0 Å². The number of aryl methyl sites for hydroxylation is 1. The third-order valence-corrected chi connectivity index (χ3v) is 3.00. The Morgan fingerprint density at radius 1 is 1.41 bits per heavy atom. The van der Waals surface area contributed by atoms with Crippen LogP contribution in [0.2, 0.25) is 0 Å². The van der Waals surface area contributed by atoms with Gasteiger partial charge in [-0.1, -0.05) is 6.92 Å². The molecule has 1 aliphatic rings. The van der Waals surface area contributed by atoms with Crippen molar-refractivity contribution in [1.82, 2.24) is 14.9 Å². The second kappa shape index (κ2) is 5.12. The van der Waals surface area contributed by atoms with E-state index in [1.807, 2.05) is 6.92 Å². The van der Waals surface area contributed by atoms with Gasteiger partial charge in [0, 0.05) is 38.2 Å². The molecule has 5 nitrogen and oxygen atoms in total. The molecule has 0 radical (unpaired) electrons. The number of aromatic nitrogens is 2. The monoisotopic (exact) mass is 235 g/mol. The number of amides is 2. The number of carbonyl (C=O) groups is 2. The Balaban J connectivity index is 1.82. The Morgan fingerprint density at radius 2 is 2.12 bits per heavy atom. The van der Waals surface area contributed by atoms with Gasteiger partial charge in [0.2, 0.25) is 11.8 Å². The first-order valence-electron chi connectivity index (χ1n) is 5.98.